The highest BCUT2D eigenvalue weighted by Gasteiger charge is 2.35. The van der Waals surface area contributed by atoms with Gasteiger partial charge in [0, 0.05) is 55.6 Å². The van der Waals surface area contributed by atoms with E-state index in [0.29, 0.717) is 57.0 Å². The number of benzene rings is 4. The van der Waals surface area contributed by atoms with Crippen LogP contribution in [0.1, 0.15) is 42.4 Å². The molecule has 1 aliphatic heterocycles. The standard InChI is InChI=1S/C42H45F3N6O5S2/c1-4-55-33-10-8-9-31(25-33)32-23-30(24-34(26-32)56-29(2)3)28-50-18-20-51(21-19-50)40-16-15-39(47-48-40)41(52)49-58(53,54)36-13-14-38(37(27-36)42(43,44)45)46-17-22-57-35-11-6-5-7-12-35/h5-16,23-27,29,46H,4,17-22,28H2,1-3H3,(H,49,52). The summed E-state index contributed by atoms with van der Waals surface area (Å²) in [5.41, 5.74) is 1.42. The van der Waals surface area contributed by atoms with E-state index in [1.54, 1.807) is 6.07 Å². The zero-order chi connectivity index (χ0) is 41.3. The molecule has 1 aromatic heterocycles. The molecular weight excluding hydrogens is 790 g/mol. The summed E-state index contributed by atoms with van der Waals surface area (Å²) in [6.45, 7) is 10.1. The normalized spacial score (nSPS) is 13.7. The molecule has 0 aliphatic carbocycles. The Kier molecular flexibility index (Phi) is 13.8. The van der Waals surface area contributed by atoms with Crippen LogP contribution in [0.4, 0.5) is 24.7 Å². The third-order valence-corrected chi connectivity index (χ3v) is 11.4. The summed E-state index contributed by atoms with van der Waals surface area (Å²) >= 11 is 1.47. The zero-order valence-electron chi connectivity index (χ0n) is 32.3. The number of hydrogen-bond acceptors (Lipinski definition) is 11. The largest absolute Gasteiger partial charge is 0.494 e. The molecule has 2 N–H and O–H groups in total. The van der Waals surface area contributed by atoms with Crippen LogP contribution in [0.3, 0.4) is 0 Å². The van der Waals surface area contributed by atoms with Crippen molar-refractivity contribution in [2.24, 2.45) is 0 Å². The summed E-state index contributed by atoms with van der Waals surface area (Å²) in [6.07, 6.45) is -4.85. The topological polar surface area (TPSA) is 126 Å². The Hall–Kier alpha value is -5.32. The number of piperazine rings is 1. The Balaban J connectivity index is 1.05. The van der Waals surface area contributed by atoms with Crippen LogP contribution in [-0.4, -0.2) is 80.6 Å². The van der Waals surface area contributed by atoms with Crippen molar-refractivity contribution in [1.29, 1.82) is 0 Å². The SMILES string of the molecule is CCOc1cccc(-c2cc(CN3CCN(c4ccc(C(=O)NS(=O)(=O)c5ccc(NCCSc6ccccc6)c(C(F)(F)F)c5)nn4)CC3)cc(OC(C)C)c2)c1. The monoisotopic (exact) mass is 834 g/mol. The minimum atomic E-state index is -4.86. The summed E-state index contributed by atoms with van der Waals surface area (Å²) in [6, 6.07) is 29.1. The lowest BCUT2D eigenvalue weighted by molar-refractivity contribution is -0.137. The summed E-state index contributed by atoms with van der Waals surface area (Å²) < 4.78 is 81.9. The van der Waals surface area contributed by atoms with Crippen LogP contribution >= 0.6 is 11.8 Å². The van der Waals surface area contributed by atoms with E-state index in [9.17, 15) is 26.4 Å². The smallest absolute Gasteiger partial charge is 0.418 e. The van der Waals surface area contributed by atoms with Crippen molar-refractivity contribution in [3.05, 3.63) is 120 Å². The molecule has 16 heteroatoms. The average Bonchev–Trinajstić information content (AvgIpc) is 3.19. The van der Waals surface area contributed by atoms with Crippen molar-refractivity contribution >= 4 is 39.2 Å². The van der Waals surface area contributed by atoms with Gasteiger partial charge in [0.2, 0.25) is 0 Å². The Bertz CT molecular complexity index is 2270. The van der Waals surface area contributed by atoms with E-state index < -0.39 is 32.6 Å². The highest BCUT2D eigenvalue weighted by molar-refractivity contribution is 7.99. The van der Waals surface area contributed by atoms with Crippen LogP contribution in [0.25, 0.3) is 11.1 Å². The minimum absolute atomic E-state index is 0.0104. The van der Waals surface area contributed by atoms with Gasteiger partial charge in [-0.15, -0.1) is 22.0 Å². The van der Waals surface area contributed by atoms with E-state index in [4.69, 9.17) is 9.47 Å². The van der Waals surface area contributed by atoms with Gasteiger partial charge in [0.25, 0.3) is 15.9 Å². The molecule has 1 saturated heterocycles. The second-order valence-electron chi connectivity index (χ2n) is 13.8. The molecule has 0 spiro atoms. The summed E-state index contributed by atoms with van der Waals surface area (Å²) in [5, 5.41) is 10.9. The first-order chi connectivity index (χ1) is 27.8. The highest BCUT2D eigenvalue weighted by Crippen LogP contribution is 2.37. The van der Waals surface area contributed by atoms with E-state index in [2.05, 4.69) is 32.5 Å². The maximum atomic E-state index is 14.0. The third kappa shape index (κ3) is 11.4. The van der Waals surface area contributed by atoms with Crippen LogP contribution < -0.4 is 24.4 Å². The van der Waals surface area contributed by atoms with Crippen molar-refractivity contribution in [3.8, 4) is 22.6 Å². The van der Waals surface area contributed by atoms with Gasteiger partial charge in [-0.2, -0.15) is 13.2 Å². The van der Waals surface area contributed by atoms with Gasteiger partial charge in [0.15, 0.2) is 11.5 Å². The number of amides is 1. The van der Waals surface area contributed by atoms with Crippen molar-refractivity contribution in [2.75, 3.05) is 55.3 Å². The first-order valence-corrected chi connectivity index (χ1v) is 21.3. The lowest BCUT2D eigenvalue weighted by Gasteiger charge is -2.35. The number of carbonyl (C=O) groups is 1. The summed E-state index contributed by atoms with van der Waals surface area (Å²) in [7, 11) is -4.69. The number of nitrogens with one attached hydrogen (secondary N) is 2. The van der Waals surface area contributed by atoms with Gasteiger partial charge in [0.1, 0.15) is 11.5 Å². The average molecular weight is 835 g/mol. The van der Waals surface area contributed by atoms with Crippen LogP contribution in [0.15, 0.2) is 113 Å². The third-order valence-electron chi connectivity index (χ3n) is 9.07. The molecule has 0 saturated carbocycles. The molecule has 58 heavy (non-hydrogen) atoms. The number of hydrogen-bond donors (Lipinski definition) is 2. The highest BCUT2D eigenvalue weighted by atomic mass is 32.2. The molecular formula is C42H45F3N6O5S2. The van der Waals surface area contributed by atoms with Crippen LogP contribution in [0.2, 0.25) is 0 Å². The molecule has 0 bridgehead atoms. The van der Waals surface area contributed by atoms with Gasteiger partial charge in [0.05, 0.1) is 23.2 Å². The molecule has 306 valence electrons. The molecule has 0 atom stereocenters. The fourth-order valence-electron chi connectivity index (χ4n) is 6.38. The zero-order valence-corrected chi connectivity index (χ0v) is 34.0. The predicted molar refractivity (Wildman–Crippen MR) is 220 cm³/mol. The Morgan fingerprint density at radius 2 is 1.62 bits per heavy atom. The molecule has 1 amide bonds. The van der Waals surface area contributed by atoms with Crippen molar-refractivity contribution in [1.82, 2.24) is 19.8 Å². The second-order valence-corrected chi connectivity index (χ2v) is 16.6. The first-order valence-electron chi connectivity index (χ1n) is 18.8. The van der Waals surface area contributed by atoms with E-state index in [0.717, 1.165) is 45.2 Å². The maximum absolute atomic E-state index is 14.0. The van der Waals surface area contributed by atoms with Gasteiger partial charge in [-0.1, -0.05) is 30.3 Å². The molecule has 6 rings (SSSR count). The van der Waals surface area contributed by atoms with Crippen LogP contribution in [-0.2, 0) is 22.7 Å². The quantitative estimate of drug-likeness (QED) is 0.0743. The van der Waals surface area contributed by atoms with Gasteiger partial charge in [-0.05, 0) is 110 Å². The van der Waals surface area contributed by atoms with E-state index in [1.807, 2.05) is 91.1 Å². The molecule has 0 unspecified atom stereocenters. The van der Waals surface area contributed by atoms with Crippen LogP contribution in [0.5, 0.6) is 11.5 Å². The molecule has 2 heterocycles. The summed E-state index contributed by atoms with van der Waals surface area (Å²) in [5.74, 6) is 1.45. The van der Waals surface area contributed by atoms with Gasteiger partial charge in [-0.3, -0.25) is 9.69 Å². The van der Waals surface area contributed by atoms with E-state index >= 15 is 0 Å². The fraction of sp³-hybridized carbons (Fsp3) is 0.310. The number of ether oxygens (including phenoxy) is 2. The predicted octanol–water partition coefficient (Wildman–Crippen LogP) is 7.99. The number of anilines is 2. The number of aromatic nitrogens is 2. The Labute approximate surface area is 341 Å². The van der Waals surface area contributed by atoms with Crippen molar-refractivity contribution in [2.45, 2.75) is 49.4 Å². The molecule has 5 aromatic rings. The summed E-state index contributed by atoms with van der Waals surface area (Å²) in [4.78, 5) is 17.5. The lowest BCUT2D eigenvalue weighted by Crippen LogP contribution is -2.46. The molecule has 1 aliphatic rings. The number of thioether (sulfide) groups is 1. The van der Waals surface area contributed by atoms with Crippen molar-refractivity contribution in [3.63, 3.8) is 0 Å². The number of rotatable bonds is 16. The number of alkyl halides is 3. The minimum Gasteiger partial charge on any atom is -0.494 e. The molecule has 1 fully saturated rings. The Morgan fingerprint density at radius 1 is 0.862 bits per heavy atom. The van der Waals surface area contributed by atoms with Crippen LogP contribution in [0, 0.1) is 0 Å². The number of nitrogens with zero attached hydrogens (tertiary/aromatic N) is 4. The van der Waals surface area contributed by atoms with E-state index in [-0.39, 0.29) is 24.0 Å². The molecule has 0 radical (unpaired) electrons. The van der Waals surface area contributed by atoms with Gasteiger partial charge < -0.3 is 19.7 Å². The first kappa shape index (κ1) is 42.3. The number of halogens is 3. The number of sulfonamides is 1. The molecule has 4 aromatic carbocycles. The second kappa shape index (κ2) is 19.0. The Morgan fingerprint density at radius 3 is 2.31 bits per heavy atom. The van der Waals surface area contributed by atoms with Gasteiger partial charge in [-0.25, -0.2) is 13.1 Å². The van der Waals surface area contributed by atoms with E-state index in [1.165, 1.54) is 17.8 Å². The lowest BCUT2D eigenvalue weighted by atomic mass is 10.0. The van der Waals surface area contributed by atoms with Crippen molar-refractivity contribution < 1.29 is 35.9 Å². The fourth-order valence-corrected chi connectivity index (χ4v) is 8.16. The van der Waals surface area contributed by atoms with Gasteiger partial charge >= 0.3 is 6.18 Å². The maximum Gasteiger partial charge on any atom is 0.418 e. The molecule has 11 nitrogen and oxygen atoms in total. The number of carbonyl (C=O) groups excluding carboxylic acids is 1.